The Kier molecular flexibility index (Phi) is 4.23. The first-order valence-electron chi connectivity index (χ1n) is 7.56. The van der Waals surface area contributed by atoms with Gasteiger partial charge >= 0.3 is 0 Å². The molecule has 1 aromatic carbocycles. The van der Waals surface area contributed by atoms with Gasteiger partial charge in [0.15, 0.2) is 16.5 Å². The van der Waals surface area contributed by atoms with Crippen molar-refractivity contribution in [3.8, 4) is 22.5 Å². The van der Waals surface area contributed by atoms with E-state index in [1.807, 2.05) is 29.6 Å². The number of hydrogen-bond donors (Lipinski definition) is 3. The highest BCUT2D eigenvalue weighted by molar-refractivity contribution is 7.17. The van der Waals surface area contributed by atoms with E-state index in [2.05, 4.69) is 20.3 Å². The Morgan fingerprint density at radius 3 is 2.81 bits per heavy atom. The van der Waals surface area contributed by atoms with Gasteiger partial charge in [0.05, 0.1) is 0 Å². The van der Waals surface area contributed by atoms with E-state index in [0.717, 1.165) is 15.6 Å². The number of benzene rings is 1. The average Bonchev–Trinajstić information content (AvgIpc) is 3.32. The van der Waals surface area contributed by atoms with Crippen molar-refractivity contribution in [1.29, 1.82) is 0 Å². The van der Waals surface area contributed by atoms with Crippen molar-refractivity contribution in [1.82, 2.24) is 20.3 Å². The van der Waals surface area contributed by atoms with Crippen molar-refractivity contribution >= 4 is 38.7 Å². The van der Waals surface area contributed by atoms with E-state index >= 15 is 0 Å². The highest BCUT2D eigenvalue weighted by Gasteiger charge is 2.21. The molecule has 0 saturated heterocycles. The van der Waals surface area contributed by atoms with Crippen LogP contribution in [0.3, 0.4) is 0 Å². The van der Waals surface area contributed by atoms with Crippen LogP contribution in [0.4, 0.5) is 0 Å². The maximum absolute atomic E-state index is 12.5. The van der Waals surface area contributed by atoms with Crippen LogP contribution >= 0.6 is 22.7 Å². The fraction of sp³-hybridized carbons (Fsp3) is 0.0588. The number of thiazole rings is 1. The lowest BCUT2D eigenvalue weighted by Gasteiger charge is -2.08. The Morgan fingerprint density at radius 1 is 1.15 bits per heavy atom. The Labute approximate surface area is 155 Å². The molecule has 0 bridgehead atoms. The van der Waals surface area contributed by atoms with Crippen molar-refractivity contribution in [2.24, 2.45) is 0 Å². The number of thiophene rings is 1. The topological polar surface area (TPSA) is 108 Å². The Balaban J connectivity index is 1.60. The van der Waals surface area contributed by atoms with E-state index in [1.165, 1.54) is 11.3 Å². The largest absolute Gasteiger partial charge is 0.501 e. The number of fused-ring (bicyclic) bond motifs is 1. The van der Waals surface area contributed by atoms with Crippen LogP contribution in [-0.4, -0.2) is 31.1 Å². The first-order valence-corrected chi connectivity index (χ1v) is 9.32. The van der Waals surface area contributed by atoms with Crippen LogP contribution < -0.4 is 5.32 Å². The Bertz CT molecular complexity index is 1090. The normalized spacial score (nSPS) is 10.9. The van der Waals surface area contributed by atoms with Crippen molar-refractivity contribution in [2.45, 2.75) is 6.54 Å². The van der Waals surface area contributed by atoms with Crippen LogP contribution in [0, 0.1) is 0 Å². The highest BCUT2D eigenvalue weighted by atomic mass is 32.1. The summed E-state index contributed by atoms with van der Waals surface area (Å²) < 4.78 is 1.13. The summed E-state index contributed by atoms with van der Waals surface area (Å²) in [6.45, 7) is 0.277. The van der Waals surface area contributed by atoms with Gasteiger partial charge in [0.1, 0.15) is 0 Å². The first-order chi connectivity index (χ1) is 12.6. The minimum atomic E-state index is -0.656. The molecule has 9 heteroatoms. The molecule has 7 nitrogen and oxygen atoms in total. The molecule has 0 unspecified atom stereocenters. The quantitative estimate of drug-likeness (QED) is 0.499. The number of rotatable bonds is 4. The van der Waals surface area contributed by atoms with E-state index in [1.54, 1.807) is 22.9 Å². The van der Waals surface area contributed by atoms with Crippen LogP contribution in [0.25, 0.3) is 20.9 Å². The third-order valence-corrected chi connectivity index (χ3v) is 5.49. The van der Waals surface area contributed by atoms with Gasteiger partial charge in [0.2, 0.25) is 5.75 Å². The fourth-order valence-corrected chi connectivity index (χ4v) is 3.99. The molecule has 1 amide bonds. The lowest BCUT2D eigenvalue weighted by molar-refractivity contribution is 0.0942. The molecule has 0 spiro atoms. The Hall–Kier alpha value is -3.04. The second kappa shape index (κ2) is 6.70. The molecule has 4 aromatic rings. The summed E-state index contributed by atoms with van der Waals surface area (Å²) in [5.41, 5.74) is 0.680. The van der Waals surface area contributed by atoms with Crippen LogP contribution in [0.5, 0.6) is 11.6 Å². The molecule has 0 aliphatic carbocycles. The summed E-state index contributed by atoms with van der Waals surface area (Å²) in [4.78, 5) is 24.4. The molecule has 0 saturated carbocycles. The molecule has 0 radical (unpaired) electrons. The second-order valence-electron chi connectivity index (χ2n) is 5.35. The van der Waals surface area contributed by atoms with Crippen molar-refractivity contribution in [3.63, 3.8) is 0 Å². The average molecular weight is 384 g/mol. The summed E-state index contributed by atoms with van der Waals surface area (Å²) in [5.74, 6) is -1.83. The number of hydrogen-bond acceptors (Lipinski definition) is 8. The molecule has 0 atom stereocenters. The van der Waals surface area contributed by atoms with Crippen LogP contribution in [0.1, 0.15) is 16.1 Å². The van der Waals surface area contributed by atoms with E-state index in [-0.39, 0.29) is 18.1 Å². The van der Waals surface area contributed by atoms with E-state index < -0.39 is 17.5 Å². The Morgan fingerprint density at radius 2 is 2.00 bits per heavy atom. The van der Waals surface area contributed by atoms with E-state index in [0.29, 0.717) is 5.01 Å². The van der Waals surface area contributed by atoms with Crippen LogP contribution in [0.15, 0.2) is 41.2 Å². The number of nitrogens with zero attached hydrogens (tertiary/aromatic N) is 3. The maximum atomic E-state index is 12.5. The zero-order valence-electron chi connectivity index (χ0n) is 13.2. The molecule has 4 rings (SSSR count). The van der Waals surface area contributed by atoms with Gasteiger partial charge in [0.25, 0.3) is 11.8 Å². The van der Waals surface area contributed by atoms with Gasteiger partial charge in [-0.15, -0.1) is 22.7 Å². The second-order valence-corrected chi connectivity index (χ2v) is 7.15. The van der Waals surface area contributed by atoms with E-state index in [4.69, 9.17) is 0 Å². The third-order valence-electron chi connectivity index (χ3n) is 3.70. The maximum Gasteiger partial charge on any atom is 0.274 e. The van der Waals surface area contributed by atoms with E-state index in [9.17, 15) is 15.0 Å². The van der Waals surface area contributed by atoms with Gasteiger partial charge < -0.3 is 15.5 Å². The van der Waals surface area contributed by atoms with Crippen molar-refractivity contribution in [3.05, 3.63) is 52.5 Å². The molecule has 0 fully saturated rings. The van der Waals surface area contributed by atoms with Crippen molar-refractivity contribution < 1.29 is 15.0 Å². The lowest BCUT2D eigenvalue weighted by Crippen LogP contribution is -2.24. The molecule has 26 heavy (non-hydrogen) atoms. The molecular formula is C17H12N4O3S2. The molecule has 0 aliphatic rings. The fourth-order valence-electron chi connectivity index (χ4n) is 2.46. The molecule has 3 aromatic heterocycles. The van der Waals surface area contributed by atoms with Gasteiger partial charge in [-0.05, 0) is 22.4 Å². The predicted molar refractivity (Wildman–Crippen MR) is 99.5 cm³/mol. The predicted octanol–water partition coefficient (Wildman–Crippen LogP) is 3.16. The first kappa shape index (κ1) is 16.4. The van der Waals surface area contributed by atoms with Gasteiger partial charge in [0, 0.05) is 22.8 Å². The minimum absolute atomic E-state index is 0.0847. The number of aromatic nitrogens is 3. The van der Waals surface area contributed by atoms with Gasteiger partial charge in [-0.2, -0.15) is 4.98 Å². The molecular weight excluding hydrogens is 372 g/mol. The minimum Gasteiger partial charge on any atom is -0.501 e. The number of amides is 1. The molecule has 3 N–H and O–H groups in total. The summed E-state index contributed by atoms with van der Waals surface area (Å²) in [7, 11) is 0. The SMILES string of the molecule is O=C(NCc1csc2ccccc12)c1nc(-c2nccs2)nc(O)c1O. The summed E-state index contributed by atoms with van der Waals surface area (Å²) in [6.07, 6.45) is 1.56. The number of nitrogens with one attached hydrogen (secondary N) is 1. The summed E-state index contributed by atoms with van der Waals surface area (Å²) in [5, 5.41) is 27.7. The van der Waals surface area contributed by atoms with Gasteiger partial charge in [-0.25, -0.2) is 9.97 Å². The zero-order valence-corrected chi connectivity index (χ0v) is 14.8. The molecule has 3 heterocycles. The van der Waals surface area contributed by atoms with Gasteiger partial charge in [-0.1, -0.05) is 18.2 Å². The summed E-state index contributed by atoms with van der Waals surface area (Å²) >= 11 is 2.86. The summed E-state index contributed by atoms with van der Waals surface area (Å²) in [6, 6.07) is 7.90. The van der Waals surface area contributed by atoms with Crippen molar-refractivity contribution in [2.75, 3.05) is 0 Å². The van der Waals surface area contributed by atoms with Gasteiger partial charge in [-0.3, -0.25) is 4.79 Å². The highest BCUT2D eigenvalue weighted by Crippen LogP contribution is 2.30. The number of carbonyl (C=O) groups excluding carboxylic acids is 1. The molecule has 130 valence electrons. The number of carbonyl (C=O) groups is 1. The third kappa shape index (κ3) is 2.98. The van der Waals surface area contributed by atoms with Crippen LogP contribution in [0.2, 0.25) is 0 Å². The zero-order chi connectivity index (χ0) is 18.1. The van der Waals surface area contributed by atoms with Crippen LogP contribution in [-0.2, 0) is 6.54 Å². The molecule has 0 aliphatic heterocycles. The number of aromatic hydroxyl groups is 2. The monoisotopic (exact) mass is 384 g/mol. The standard InChI is InChI=1S/C17H12N4O3S2/c22-13-12(20-14(21-16(13)24)17-18-5-6-25-17)15(23)19-7-9-8-26-11-4-2-1-3-10(9)11/h1-6,8,22H,7H2,(H,19,23)(H,20,21,24). The lowest BCUT2D eigenvalue weighted by atomic mass is 10.2. The smallest absolute Gasteiger partial charge is 0.274 e.